The van der Waals surface area contributed by atoms with Crippen molar-refractivity contribution >= 4 is 17.6 Å². The van der Waals surface area contributed by atoms with Gasteiger partial charge in [-0.05, 0) is 25.0 Å². The summed E-state index contributed by atoms with van der Waals surface area (Å²) in [4.78, 5) is 12.4. The van der Waals surface area contributed by atoms with Crippen molar-refractivity contribution in [3.8, 4) is 0 Å². The van der Waals surface area contributed by atoms with E-state index in [4.69, 9.17) is 18.9 Å². The molecule has 0 radical (unpaired) electrons. The number of carbonyl (C=O) groups is 1. The molecule has 1 aromatic rings. The molecule has 2 heterocycles. The van der Waals surface area contributed by atoms with Gasteiger partial charge in [0, 0.05) is 0 Å². The Hall–Kier alpha value is -2.11. The number of benzene rings is 1. The van der Waals surface area contributed by atoms with Crippen molar-refractivity contribution in [2.24, 2.45) is 0 Å². The Balaban J connectivity index is 1.94. The van der Waals surface area contributed by atoms with Crippen LogP contribution in [0, 0.1) is 0 Å². The van der Waals surface area contributed by atoms with Crippen LogP contribution >= 0.6 is 0 Å². The average molecular weight is 316 g/mol. The molecule has 122 valence electrons. The minimum atomic E-state index is -0.690. The molecule has 2 atom stereocenters. The second-order valence-corrected chi connectivity index (χ2v) is 5.96. The summed E-state index contributed by atoms with van der Waals surface area (Å²) in [6.07, 6.45) is 0.772. The lowest BCUT2D eigenvalue weighted by molar-refractivity contribution is -0.162. The first-order valence-corrected chi connectivity index (χ1v) is 7.49. The Kier molecular flexibility index (Phi) is 4.00. The van der Waals surface area contributed by atoms with E-state index in [1.165, 1.54) is 7.11 Å². The minimum absolute atomic E-state index is 0.348. The fourth-order valence-electron chi connectivity index (χ4n) is 2.84. The van der Waals surface area contributed by atoms with Crippen molar-refractivity contribution in [1.29, 1.82) is 0 Å². The van der Waals surface area contributed by atoms with Crippen LogP contribution in [-0.2, 0) is 23.7 Å². The van der Waals surface area contributed by atoms with Crippen molar-refractivity contribution in [2.45, 2.75) is 31.8 Å². The summed E-state index contributed by atoms with van der Waals surface area (Å²) >= 11 is 0. The van der Waals surface area contributed by atoms with E-state index in [9.17, 15) is 4.79 Å². The zero-order valence-corrected chi connectivity index (χ0v) is 13.5. The molecular weight excluding hydrogens is 296 g/mol. The third-order valence-corrected chi connectivity index (χ3v) is 3.97. The van der Waals surface area contributed by atoms with Gasteiger partial charge < -0.3 is 18.9 Å². The van der Waals surface area contributed by atoms with Gasteiger partial charge in [-0.1, -0.05) is 36.9 Å². The summed E-state index contributed by atoms with van der Waals surface area (Å²) < 4.78 is 22.3. The highest BCUT2D eigenvalue weighted by Gasteiger charge is 2.47. The summed E-state index contributed by atoms with van der Waals surface area (Å²) in [6.45, 7) is 7.73. The number of hydrogen-bond donors (Lipinski definition) is 0. The van der Waals surface area contributed by atoms with Crippen LogP contribution in [-0.4, -0.2) is 37.7 Å². The monoisotopic (exact) mass is 316 g/mol. The third-order valence-electron chi connectivity index (χ3n) is 3.97. The molecule has 0 bridgehead atoms. The lowest BCUT2D eigenvalue weighted by atomic mass is 10.0. The normalized spacial score (nSPS) is 26.3. The maximum Gasteiger partial charge on any atom is 0.343 e. The standard InChI is InChI=1S/C18H20O5/c1-5-11-6-8-12(9-7-11)14-16(20-4)15(22-17(14)19)13-10-21-18(2,3)23-13/h5-9,13,15H,1,10H2,2-4H3/t13-,15+/m0/s1. The molecule has 1 fully saturated rings. The molecule has 0 aliphatic carbocycles. The Bertz CT molecular complexity index is 656. The maximum atomic E-state index is 12.4. The largest absolute Gasteiger partial charge is 0.496 e. The predicted molar refractivity (Wildman–Crippen MR) is 85.2 cm³/mol. The van der Waals surface area contributed by atoms with Gasteiger partial charge in [0.1, 0.15) is 11.7 Å². The number of esters is 1. The molecule has 0 unspecified atom stereocenters. The third kappa shape index (κ3) is 2.90. The summed E-state index contributed by atoms with van der Waals surface area (Å²) in [7, 11) is 1.53. The first kappa shape index (κ1) is 15.8. The molecule has 0 spiro atoms. The second-order valence-electron chi connectivity index (χ2n) is 5.96. The number of hydrogen-bond acceptors (Lipinski definition) is 5. The summed E-state index contributed by atoms with van der Waals surface area (Å²) in [6, 6.07) is 7.49. The Morgan fingerprint density at radius 2 is 2.00 bits per heavy atom. The predicted octanol–water partition coefficient (Wildman–Crippen LogP) is 2.76. The number of carbonyl (C=O) groups excluding carboxylic acids is 1. The molecule has 2 aliphatic heterocycles. The van der Waals surface area contributed by atoms with E-state index in [0.29, 0.717) is 17.9 Å². The molecule has 0 aromatic heterocycles. The van der Waals surface area contributed by atoms with Crippen LogP contribution < -0.4 is 0 Å². The fourth-order valence-corrected chi connectivity index (χ4v) is 2.84. The van der Waals surface area contributed by atoms with Gasteiger partial charge in [0.25, 0.3) is 0 Å². The molecule has 5 heteroatoms. The highest BCUT2D eigenvalue weighted by Crippen LogP contribution is 2.37. The van der Waals surface area contributed by atoms with Crippen LogP contribution in [0.4, 0.5) is 0 Å². The van der Waals surface area contributed by atoms with Gasteiger partial charge in [-0.25, -0.2) is 4.79 Å². The van der Waals surface area contributed by atoms with Gasteiger partial charge in [0.15, 0.2) is 17.7 Å². The van der Waals surface area contributed by atoms with Gasteiger partial charge in [0.2, 0.25) is 0 Å². The van der Waals surface area contributed by atoms with Crippen molar-refractivity contribution < 1.29 is 23.7 Å². The van der Waals surface area contributed by atoms with Gasteiger partial charge in [-0.15, -0.1) is 0 Å². The summed E-state index contributed by atoms with van der Waals surface area (Å²) in [5, 5.41) is 0. The molecule has 1 saturated heterocycles. The second kappa shape index (κ2) is 5.83. The molecule has 5 nitrogen and oxygen atoms in total. The summed E-state index contributed by atoms with van der Waals surface area (Å²) in [5.41, 5.74) is 2.16. The smallest absolute Gasteiger partial charge is 0.343 e. The number of rotatable bonds is 4. The first-order chi connectivity index (χ1) is 10.9. The lowest BCUT2D eigenvalue weighted by Crippen LogP contribution is -2.33. The molecule has 0 amide bonds. The number of cyclic esters (lactones) is 1. The van der Waals surface area contributed by atoms with Gasteiger partial charge in [-0.2, -0.15) is 0 Å². The Morgan fingerprint density at radius 3 is 2.52 bits per heavy atom. The van der Waals surface area contributed by atoms with Crippen LogP contribution in [0.2, 0.25) is 0 Å². The molecule has 23 heavy (non-hydrogen) atoms. The van der Waals surface area contributed by atoms with Crippen molar-refractivity contribution in [3.05, 3.63) is 47.7 Å². The highest BCUT2D eigenvalue weighted by molar-refractivity contribution is 6.19. The average Bonchev–Trinajstić information content (AvgIpc) is 3.06. The van der Waals surface area contributed by atoms with E-state index in [0.717, 1.165) is 11.1 Å². The van der Waals surface area contributed by atoms with Gasteiger partial charge >= 0.3 is 5.97 Å². The maximum absolute atomic E-state index is 12.4. The van der Waals surface area contributed by atoms with E-state index in [1.807, 2.05) is 38.1 Å². The van der Waals surface area contributed by atoms with Crippen molar-refractivity contribution in [2.75, 3.05) is 13.7 Å². The number of methoxy groups -OCH3 is 1. The number of ether oxygens (including phenoxy) is 4. The van der Waals surface area contributed by atoms with Crippen LogP contribution in [0.3, 0.4) is 0 Å². The van der Waals surface area contributed by atoms with Crippen LogP contribution in [0.25, 0.3) is 11.6 Å². The quantitative estimate of drug-likeness (QED) is 0.800. The van der Waals surface area contributed by atoms with E-state index in [2.05, 4.69) is 6.58 Å². The molecular formula is C18H20O5. The fraction of sp³-hybridized carbons (Fsp3) is 0.389. The first-order valence-electron chi connectivity index (χ1n) is 7.49. The van der Waals surface area contributed by atoms with Crippen molar-refractivity contribution in [1.82, 2.24) is 0 Å². The SMILES string of the molecule is C=Cc1ccc(C2=C(OC)[C@@H]([C@@H]3COC(C)(C)O3)OC2=O)cc1. The minimum Gasteiger partial charge on any atom is -0.496 e. The Labute approximate surface area is 135 Å². The van der Waals surface area contributed by atoms with Gasteiger partial charge in [-0.3, -0.25) is 0 Å². The molecule has 2 aliphatic rings. The highest BCUT2D eigenvalue weighted by atomic mass is 16.8. The van der Waals surface area contributed by atoms with Crippen molar-refractivity contribution in [3.63, 3.8) is 0 Å². The van der Waals surface area contributed by atoms with Crippen LogP contribution in [0.15, 0.2) is 36.6 Å². The van der Waals surface area contributed by atoms with Crippen LogP contribution in [0.1, 0.15) is 25.0 Å². The van der Waals surface area contributed by atoms with E-state index in [-0.39, 0.29) is 6.10 Å². The topological polar surface area (TPSA) is 54.0 Å². The van der Waals surface area contributed by atoms with E-state index >= 15 is 0 Å². The molecule has 1 aromatic carbocycles. The molecule has 0 saturated carbocycles. The zero-order chi connectivity index (χ0) is 16.6. The zero-order valence-electron chi connectivity index (χ0n) is 13.5. The van der Waals surface area contributed by atoms with Gasteiger partial charge in [0.05, 0.1) is 13.7 Å². The molecule has 3 rings (SSSR count). The van der Waals surface area contributed by atoms with Crippen LogP contribution in [0.5, 0.6) is 0 Å². The van der Waals surface area contributed by atoms with E-state index < -0.39 is 17.9 Å². The lowest BCUT2D eigenvalue weighted by Gasteiger charge is -2.21. The summed E-state index contributed by atoms with van der Waals surface area (Å²) in [5.74, 6) is -0.622. The Morgan fingerprint density at radius 1 is 1.30 bits per heavy atom. The molecule has 0 N–H and O–H groups in total. The van der Waals surface area contributed by atoms with E-state index in [1.54, 1.807) is 6.08 Å².